The number of aromatic hydroxyl groups is 1. The van der Waals surface area contributed by atoms with Gasteiger partial charge in [0.2, 0.25) is 0 Å². The Morgan fingerprint density at radius 2 is 1.69 bits per heavy atom. The lowest BCUT2D eigenvalue weighted by Crippen LogP contribution is -2.30. The largest absolute Gasteiger partial charge is 0.508 e. The van der Waals surface area contributed by atoms with E-state index in [4.69, 9.17) is 12.2 Å². The van der Waals surface area contributed by atoms with Gasteiger partial charge in [-0.2, -0.15) is 0 Å². The highest BCUT2D eigenvalue weighted by Gasteiger charge is 2.42. The van der Waals surface area contributed by atoms with Crippen LogP contribution in [0.5, 0.6) is 5.75 Å². The third kappa shape index (κ3) is 3.52. The van der Waals surface area contributed by atoms with Crippen molar-refractivity contribution >= 4 is 23.0 Å². The summed E-state index contributed by atoms with van der Waals surface area (Å²) < 4.78 is 2.22. The lowest BCUT2D eigenvalue weighted by atomic mass is 10.0. The van der Waals surface area contributed by atoms with E-state index in [-0.39, 0.29) is 17.8 Å². The molecule has 2 N–H and O–H groups in total. The van der Waals surface area contributed by atoms with E-state index in [0.29, 0.717) is 5.11 Å². The summed E-state index contributed by atoms with van der Waals surface area (Å²) >= 11 is 5.80. The molecule has 1 aliphatic rings. The summed E-state index contributed by atoms with van der Waals surface area (Å²) in [6.45, 7) is 4.26. The molecule has 0 aliphatic carbocycles. The number of benzene rings is 2. The minimum Gasteiger partial charge on any atom is -0.508 e. The Balaban J connectivity index is 1.67. The number of phenolic OH excluding ortho intramolecular Hbond substituents is 1. The Kier molecular flexibility index (Phi) is 5.15. The lowest BCUT2D eigenvalue weighted by Gasteiger charge is -2.29. The highest BCUT2D eigenvalue weighted by molar-refractivity contribution is 7.80. The van der Waals surface area contributed by atoms with Gasteiger partial charge >= 0.3 is 0 Å². The quantitative estimate of drug-likeness (QED) is 0.418. The molecular weight excluding hydrogens is 416 g/mol. The monoisotopic (exact) mass is 440 g/mol. The molecule has 1 fully saturated rings. The molecule has 2 atom stereocenters. The van der Waals surface area contributed by atoms with Crippen LogP contribution in [-0.2, 0) is 0 Å². The van der Waals surface area contributed by atoms with Gasteiger partial charge in [-0.1, -0.05) is 12.1 Å². The molecule has 5 rings (SSSR count). The van der Waals surface area contributed by atoms with Crippen molar-refractivity contribution in [2.24, 2.45) is 0 Å². The molecule has 1 aliphatic heterocycles. The van der Waals surface area contributed by atoms with Gasteiger partial charge in [0.05, 0.1) is 11.7 Å². The van der Waals surface area contributed by atoms with Crippen molar-refractivity contribution in [1.82, 2.24) is 14.9 Å². The lowest BCUT2D eigenvalue weighted by molar-refractivity contribution is 0.475. The zero-order chi connectivity index (χ0) is 22.2. The number of rotatable bonds is 4. The summed E-state index contributed by atoms with van der Waals surface area (Å²) in [5.41, 5.74) is 6.56. The van der Waals surface area contributed by atoms with Crippen LogP contribution in [0.3, 0.4) is 0 Å². The second-order valence-corrected chi connectivity index (χ2v) is 8.47. The third-order valence-electron chi connectivity index (χ3n) is 6.08. The van der Waals surface area contributed by atoms with Gasteiger partial charge in [-0.15, -0.1) is 0 Å². The van der Waals surface area contributed by atoms with Crippen LogP contribution in [-0.4, -0.2) is 19.8 Å². The first-order valence-corrected chi connectivity index (χ1v) is 11.0. The van der Waals surface area contributed by atoms with Gasteiger partial charge in [-0.3, -0.25) is 4.98 Å². The number of nitrogens with one attached hydrogen (secondary N) is 1. The van der Waals surface area contributed by atoms with E-state index in [0.717, 1.165) is 22.8 Å². The zero-order valence-electron chi connectivity index (χ0n) is 17.9. The average Bonchev–Trinajstić information content (AvgIpc) is 3.41. The Bertz CT molecular complexity index is 1270. The second kappa shape index (κ2) is 8.13. The molecular formula is C26H24N4OS. The molecule has 3 heterocycles. The fourth-order valence-electron chi connectivity index (χ4n) is 4.29. The van der Waals surface area contributed by atoms with Gasteiger partial charge < -0.3 is 19.9 Å². The molecule has 32 heavy (non-hydrogen) atoms. The molecule has 2 aromatic heterocycles. The molecule has 4 aromatic rings. The van der Waals surface area contributed by atoms with Gasteiger partial charge in [0.15, 0.2) is 5.11 Å². The Morgan fingerprint density at radius 3 is 2.41 bits per heavy atom. The normalized spacial score (nSPS) is 18.1. The first-order valence-electron chi connectivity index (χ1n) is 10.6. The van der Waals surface area contributed by atoms with Crippen molar-refractivity contribution in [3.63, 3.8) is 0 Å². The fourth-order valence-corrected chi connectivity index (χ4v) is 4.64. The van der Waals surface area contributed by atoms with Crippen molar-refractivity contribution in [2.45, 2.75) is 25.9 Å². The van der Waals surface area contributed by atoms with Crippen LogP contribution in [0.2, 0.25) is 0 Å². The van der Waals surface area contributed by atoms with Crippen molar-refractivity contribution in [1.29, 1.82) is 0 Å². The summed E-state index contributed by atoms with van der Waals surface area (Å²) in [7, 11) is 0. The van der Waals surface area contributed by atoms with Crippen LogP contribution >= 0.6 is 12.2 Å². The predicted molar refractivity (Wildman–Crippen MR) is 131 cm³/mol. The Morgan fingerprint density at radius 1 is 0.906 bits per heavy atom. The SMILES string of the molecule is Cc1ccc(-n2cccc2[C@H]2[C@H](c3ccccn3)NC(=S)N2c2ccc(O)cc2)cc1C. The van der Waals surface area contributed by atoms with Crippen LogP contribution in [0, 0.1) is 13.8 Å². The first kappa shape index (κ1) is 20.3. The average molecular weight is 441 g/mol. The third-order valence-corrected chi connectivity index (χ3v) is 6.39. The minimum atomic E-state index is -0.127. The van der Waals surface area contributed by atoms with E-state index >= 15 is 0 Å². The number of phenols is 1. The van der Waals surface area contributed by atoms with Gasteiger partial charge in [0, 0.05) is 29.5 Å². The molecule has 0 radical (unpaired) electrons. The highest BCUT2D eigenvalue weighted by atomic mass is 32.1. The zero-order valence-corrected chi connectivity index (χ0v) is 18.8. The molecule has 1 saturated heterocycles. The summed E-state index contributed by atoms with van der Waals surface area (Å²) in [4.78, 5) is 6.74. The molecule has 0 saturated carbocycles. The van der Waals surface area contributed by atoms with Crippen molar-refractivity contribution in [2.75, 3.05) is 4.90 Å². The molecule has 2 aromatic carbocycles. The summed E-state index contributed by atoms with van der Waals surface area (Å²) in [5, 5.41) is 13.9. The molecule has 160 valence electrons. The highest BCUT2D eigenvalue weighted by Crippen LogP contribution is 2.42. The van der Waals surface area contributed by atoms with Crippen LogP contribution in [0.15, 0.2) is 85.2 Å². The number of aryl methyl sites for hydroxylation is 2. The minimum absolute atomic E-state index is 0.126. The predicted octanol–water partition coefficient (Wildman–Crippen LogP) is 5.37. The first-order chi connectivity index (χ1) is 15.5. The van der Waals surface area contributed by atoms with Gasteiger partial charge in [-0.25, -0.2) is 0 Å². The maximum Gasteiger partial charge on any atom is 0.174 e. The standard InChI is InChI=1S/C26H24N4OS/c1-17-8-9-20(16-18(17)2)29-15-5-7-23(29)25-24(22-6-3-4-14-27-22)28-26(32)30(25)19-10-12-21(31)13-11-19/h3-16,24-25,31H,1-2H3,(H,28,32)/t24-,25-/m0/s1. The molecule has 0 amide bonds. The Hall–Kier alpha value is -3.64. The maximum absolute atomic E-state index is 9.81. The van der Waals surface area contributed by atoms with Crippen LogP contribution in [0.4, 0.5) is 5.69 Å². The topological polar surface area (TPSA) is 53.3 Å². The fraction of sp³-hybridized carbons (Fsp3) is 0.154. The van der Waals surface area contributed by atoms with Crippen LogP contribution < -0.4 is 10.2 Å². The number of nitrogens with zero attached hydrogens (tertiary/aromatic N) is 3. The number of hydrogen-bond donors (Lipinski definition) is 2. The number of hydrogen-bond acceptors (Lipinski definition) is 3. The van der Waals surface area contributed by atoms with Crippen molar-refractivity contribution in [3.05, 3.63) is 108 Å². The molecule has 0 spiro atoms. The summed E-state index contributed by atoms with van der Waals surface area (Å²) in [6.07, 6.45) is 3.90. The Labute approximate surface area is 193 Å². The molecule has 5 nitrogen and oxygen atoms in total. The molecule has 0 unspecified atom stereocenters. The number of anilines is 1. The molecule has 6 heteroatoms. The van der Waals surface area contributed by atoms with E-state index in [1.54, 1.807) is 12.1 Å². The van der Waals surface area contributed by atoms with Gasteiger partial charge in [0.25, 0.3) is 0 Å². The van der Waals surface area contributed by atoms with E-state index in [9.17, 15) is 5.11 Å². The smallest absolute Gasteiger partial charge is 0.174 e. The van der Waals surface area contributed by atoms with E-state index in [2.05, 4.69) is 70.1 Å². The van der Waals surface area contributed by atoms with Gasteiger partial charge in [0.1, 0.15) is 11.8 Å². The second-order valence-electron chi connectivity index (χ2n) is 8.08. The van der Waals surface area contributed by atoms with Crippen LogP contribution in [0.25, 0.3) is 5.69 Å². The van der Waals surface area contributed by atoms with E-state index in [1.165, 1.54) is 11.1 Å². The number of thiocarbonyl (C=S) groups is 1. The van der Waals surface area contributed by atoms with Gasteiger partial charge in [-0.05, 0) is 97.9 Å². The van der Waals surface area contributed by atoms with Crippen LogP contribution in [0.1, 0.15) is 34.6 Å². The van der Waals surface area contributed by atoms with Crippen molar-refractivity contribution < 1.29 is 5.11 Å². The van der Waals surface area contributed by atoms with E-state index in [1.807, 2.05) is 36.5 Å². The summed E-state index contributed by atoms with van der Waals surface area (Å²) in [6, 6.07) is 23.5. The number of aromatic nitrogens is 2. The van der Waals surface area contributed by atoms with E-state index < -0.39 is 0 Å². The maximum atomic E-state index is 9.81. The summed E-state index contributed by atoms with van der Waals surface area (Å²) in [5.74, 6) is 0.225. The van der Waals surface area contributed by atoms with Crippen molar-refractivity contribution in [3.8, 4) is 11.4 Å². The number of pyridine rings is 1. The molecule has 0 bridgehead atoms.